The van der Waals surface area contributed by atoms with Gasteiger partial charge in [0, 0.05) is 44.8 Å². The third kappa shape index (κ3) is 3.55. The van der Waals surface area contributed by atoms with Crippen LogP contribution in [0.4, 0.5) is 5.95 Å². The molecule has 3 aliphatic rings. The molecule has 0 radical (unpaired) electrons. The van der Waals surface area contributed by atoms with Gasteiger partial charge in [0.05, 0.1) is 18.9 Å². The Kier molecular flexibility index (Phi) is 4.72. The summed E-state index contributed by atoms with van der Waals surface area (Å²) in [5.41, 5.74) is 0.628. The zero-order valence-corrected chi connectivity index (χ0v) is 14.3. The zero-order chi connectivity index (χ0) is 17.2. The number of likely N-dealkylation sites (tertiary alicyclic amines) is 1. The molecule has 1 N–H and O–H groups in total. The number of rotatable bonds is 3. The molecule has 1 amide bonds. The Hall–Kier alpha value is -1.93. The number of ether oxygens (including phenoxy) is 2. The van der Waals surface area contributed by atoms with E-state index in [9.17, 15) is 9.59 Å². The predicted molar refractivity (Wildman–Crippen MR) is 90.8 cm³/mol. The molecule has 1 aromatic heterocycles. The van der Waals surface area contributed by atoms with E-state index in [2.05, 4.69) is 9.97 Å². The number of hydrogen-bond acceptors (Lipinski definition) is 6. The van der Waals surface area contributed by atoms with E-state index in [0.717, 1.165) is 38.0 Å². The van der Waals surface area contributed by atoms with Crippen LogP contribution < -0.4 is 10.5 Å². The van der Waals surface area contributed by atoms with Crippen LogP contribution in [0.1, 0.15) is 30.9 Å². The predicted octanol–water partition coefficient (Wildman–Crippen LogP) is 0.101. The zero-order valence-electron chi connectivity index (χ0n) is 14.3. The maximum Gasteiger partial charge on any atom is 0.252 e. The lowest BCUT2D eigenvalue weighted by atomic mass is 10.0. The number of nitrogens with one attached hydrogen (secondary N) is 1. The molecule has 3 saturated heterocycles. The molecule has 4 heterocycles. The van der Waals surface area contributed by atoms with E-state index in [1.807, 2.05) is 9.80 Å². The molecule has 4 rings (SSSR count). The van der Waals surface area contributed by atoms with Gasteiger partial charge in [-0.25, -0.2) is 4.98 Å². The van der Waals surface area contributed by atoms with E-state index in [1.54, 1.807) is 6.07 Å². The molecule has 0 saturated carbocycles. The Morgan fingerprint density at radius 1 is 1.20 bits per heavy atom. The molecule has 0 aliphatic carbocycles. The van der Waals surface area contributed by atoms with Crippen molar-refractivity contribution >= 4 is 11.9 Å². The van der Waals surface area contributed by atoms with Crippen LogP contribution in [0.2, 0.25) is 0 Å². The summed E-state index contributed by atoms with van der Waals surface area (Å²) in [6, 6.07) is 1.56. The average molecular weight is 348 g/mol. The number of carbonyl (C=O) groups excluding carboxylic acids is 1. The number of aromatic nitrogens is 2. The van der Waals surface area contributed by atoms with Gasteiger partial charge in [0.15, 0.2) is 0 Å². The van der Waals surface area contributed by atoms with Gasteiger partial charge >= 0.3 is 0 Å². The number of hydrogen-bond donors (Lipinski definition) is 1. The van der Waals surface area contributed by atoms with Crippen LogP contribution in [-0.4, -0.2) is 72.9 Å². The summed E-state index contributed by atoms with van der Waals surface area (Å²) in [5, 5.41) is 0. The van der Waals surface area contributed by atoms with E-state index in [1.165, 1.54) is 0 Å². The number of aromatic amines is 1. The number of morpholine rings is 1. The van der Waals surface area contributed by atoms with Crippen LogP contribution in [-0.2, 0) is 14.3 Å². The maximum atomic E-state index is 12.5. The minimum absolute atomic E-state index is 0.0817. The Labute approximate surface area is 146 Å². The van der Waals surface area contributed by atoms with Gasteiger partial charge in [-0.15, -0.1) is 0 Å². The molecule has 25 heavy (non-hydrogen) atoms. The van der Waals surface area contributed by atoms with E-state index in [4.69, 9.17) is 9.47 Å². The summed E-state index contributed by atoms with van der Waals surface area (Å²) >= 11 is 0. The van der Waals surface area contributed by atoms with E-state index < -0.39 is 0 Å². The monoisotopic (exact) mass is 348 g/mol. The van der Waals surface area contributed by atoms with Gasteiger partial charge in [-0.2, -0.15) is 0 Å². The topological polar surface area (TPSA) is 87.8 Å². The average Bonchev–Trinajstić information content (AvgIpc) is 3.33. The molecule has 2 atom stereocenters. The Bertz CT molecular complexity index is 679. The molecule has 0 aromatic carbocycles. The van der Waals surface area contributed by atoms with Crippen molar-refractivity contribution in [2.45, 2.75) is 31.3 Å². The third-order valence-electron chi connectivity index (χ3n) is 5.18. The number of nitrogens with zero attached hydrogens (tertiary/aromatic N) is 3. The van der Waals surface area contributed by atoms with Crippen molar-refractivity contribution in [2.24, 2.45) is 0 Å². The number of carbonyl (C=O) groups is 1. The second-order valence-corrected chi connectivity index (χ2v) is 6.86. The van der Waals surface area contributed by atoms with Crippen molar-refractivity contribution < 1.29 is 14.3 Å². The molecular formula is C17H24N4O4. The molecule has 8 nitrogen and oxygen atoms in total. The summed E-state index contributed by atoms with van der Waals surface area (Å²) in [6.07, 6.45) is 2.31. The van der Waals surface area contributed by atoms with Gasteiger partial charge in [-0.1, -0.05) is 0 Å². The summed E-state index contributed by atoms with van der Waals surface area (Å²) < 4.78 is 10.9. The van der Waals surface area contributed by atoms with Crippen molar-refractivity contribution in [1.29, 1.82) is 0 Å². The molecule has 8 heteroatoms. The van der Waals surface area contributed by atoms with Gasteiger partial charge < -0.3 is 19.3 Å². The first-order valence-corrected chi connectivity index (χ1v) is 9.05. The standard InChI is InChI=1S/C17H24N4O4/c22-15-10-13(18-17(19-15)20-5-8-24-9-6-20)12-3-4-21(11-12)16(23)14-2-1-7-25-14/h10,12,14H,1-9,11H2,(H,18,19,22)/t12-,14+/m1/s1. The van der Waals surface area contributed by atoms with E-state index >= 15 is 0 Å². The first-order valence-electron chi connectivity index (χ1n) is 9.05. The van der Waals surface area contributed by atoms with Gasteiger partial charge in [0.25, 0.3) is 11.5 Å². The van der Waals surface area contributed by atoms with Crippen LogP contribution in [0.5, 0.6) is 0 Å². The number of anilines is 1. The lowest BCUT2D eigenvalue weighted by Gasteiger charge is -2.27. The molecule has 0 spiro atoms. The molecule has 3 fully saturated rings. The Balaban J connectivity index is 1.47. The normalized spacial score (nSPS) is 27.0. The van der Waals surface area contributed by atoms with Crippen molar-refractivity contribution in [3.63, 3.8) is 0 Å². The van der Waals surface area contributed by atoms with Gasteiger partial charge in [0.1, 0.15) is 6.10 Å². The largest absolute Gasteiger partial charge is 0.378 e. The molecule has 0 bridgehead atoms. The van der Waals surface area contributed by atoms with Crippen LogP contribution in [0.3, 0.4) is 0 Å². The molecule has 1 aromatic rings. The van der Waals surface area contributed by atoms with Crippen LogP contribution in [0.25, 0.3) is 0 Å². The summed E-state index contributed by atoms with van der Waals surface area (Å²) in [4.78, 5) is 36.0. The van der Waals surface area contributed by atoms with Gasteiger partial charge in [0.2, 0.25) is 5.95 Å². The number of H-pyrrole nitrogens is 1. The highest BCUT2D eigenvalue weighted by molar-refractivity contribution is 5.81. The lowest BCUT2D eigenvalue weighted by Crippen LogP contribution is -2.38. The van der Waals surface area contributed by atoms with E-state index in [0.29, 0.717) is 38.9 Å². The summed E-state index contributed by atoms with van der Waals surface area (Å²) in [7, 11) is 0. The molecule has 3 aliphatic heterocycles. The second-order valence-electron chi connectivity index (χ2n) is 6.86. The van der Waals surface area contributed by atoms with Gasteiger partial charge in [-0.05, 0) is 19.3 Å². The third-order valence-corrected chi connectivity index (χ3v) is 5.18. The Morgan fingerprint density at radius 3 is 2.80 bits per heavy atom. The second kappa shape index (κ2) is 7.13. The highest BCUT2D eigenvalue weighted by atomic mass is 16.5. The molecular weight excluding hydrogens is 324 g/mol. The molecule has 0 unspecified atom stereocenters. The van der Waals surface area contributed by atoms with Crippen molar-refractivity contribution in [3.05, 3.63) is 22.1 Å². The SMILES string of the molecule is O=C([C@@H]1CCCO1)N1CC[C@@H](c2cc(=O)[nH]c(N3CCOCC3)n2)C1. The highest BCUT2D eigenvalue weighted by Gasteiger charge is 2.34. The quantitative estimate of drug-likeness (QED) is 0.834. The van der Waals surface area contributed by atoms with Crippen LogP contribution >= 0.6 is 0 Å². The molecule has 136 valence electrons. The Morgan fingerprint density at radius 2 is 2.04 bits per heavy atom. The van der Waals surface area contributed by atoms with Crippen molar-refractivity contribution in [3.8, 4) is 0 Å². The van der Waals surface area contributed by atoms with Gasteiger partial charge in [-0.3, -0.25) is 14.6 Å². The highest BCUT2D eigenvalue weighted by Crippen LogP contribution is 2.28. The van der Waals surface area contributed by atoms with Crippen molar-refractivity contribution in [1.82, 2.24) is 14.9 Å². The summed E-state index contributed by atoms with van der Waals surface area (Å²) in [5.74, 6) is 0.792. The fourth-order valence-electron chi connectivity index (χ4n) is 3.78. The first kappa shape index (κ1) is 16.5. The van der Waals surface area contributed by atoms with Crippen LogP contribution in [0.15, 0.2) is 10.9 Å². The van der Waals surface area contributed by atoms with Crippen LogP contribution in [0, 0.1) is 0 Å². The fraction of sp³-hybridized carbons (Fsp3) is 0.706. The van der Waals surface area contributed by atoms with Crippen molar-refractivity contribution in [2.75, 3.05) is 50.9 Å². The number of amides is 1. The minimum atomic E-state index is -0.283. The first-order chi connectivity index (χ1) is 12.2. The van der Waals surface area contributed by atoms with E-state index in [-0.39, 0.29) is 23.5 Å². The minimum Gasteiger partial charge on any atom is -0.378 e. The summed E-state index contributed by atoms with van der Waals surface area (Å²) in [6.45, 7) is 4.71. The maximum absolute atomic E-state index is 12.5. The smallest absolute Gasteiger partial charge is 0.252 e. The fourth-order valence-corrected chi connectivity index (χ4v) is 3.78. The lowest BCUT2D eigenvalue weighted by molar-refractivity contribution is -0.139.